The molecule has 1 aromatic carbocycles. The van der Waals surface area contributed by atoms with Gasteiger partial charge in [-0.05, 0) is 25.1 Å². The summed E-state index contributed by atoms with van der Waals surface area (Å²) in [6, 6.07) is 4.68. The van der Waals surface area contributed by atoms with E-state index >= 15 is 0 Å². The van der Waals surface area contributed by atoms with Gasteiger partial charge < -0.3 is 5.11 Å². The van der Waals surface area contributed by atoms with Crippen LogP contribution in [0.3, 0.4) is 0 Å². The largest absolute Gasteiger partial charge is 0.510 e. The van der Waals surface area contributed by atoms with Gasteiger partial charge in [-0.2, -0.15) is 0 Å². The number of hydrogen-bond donors (Lipinski definition) is 1. The topological polar surface area (TPSA) is 62.0 Å². The molecule has 0 aliphatic carbocycles. The Kier molecular flexibility index (Phi) is 4.66. The molecule has 0 heterocycles. The molecule has 4 nitrogen and oxygen atoms in total. The SMILES string of the molecule is CC(=O)/C(N=Nc1ccc(Cl)cc1Cl)=C(\C)O. The van der Waals surface area contributed by atoms with Crippen LogP contribution in [-0.4, -0.2) is 10.9 Å². The van der Waals surface area contributed by atoms with Gasteiger partial charge >= 0.3 is 0 Å². The van der Waals surface area contributed by atoms with Crippen molar-refractivity contribution >= 4 is 34.7 Å². The summed E-state index contributed by atoms with van der Waals surface area (Å²) in [6.45, 7) is 2.65. The van der Waals surface area contributed by atoms with Crippen molar-refractivity contribution in [2.24, 2.45) is 10.2 Å². The number of Topliss-reactive ketones (excluding diaryl/α,β-unsaturated/α-hetero) is 1. The maximum atomic E-state index is 11.1. The summed E-state index contributed by atoms with van der Waals surface area (Å²) in [7, 11) is 0. The molecule has 17 heavy (non-hydrogen) atoms. The van der Waals surface area contributed by atoms with Crippen molar-refractivity contribution in [1.29, 1.82) is 0 Å². The highest BCUT2D eigenvalue weighted by molar-refractivity contribution is 6.36. The van der Waals surface area contributed by atoms with Crippen LogP contribution in [0.2, 0.25) is 10.0 Å². The number of hydrogen-bond acceptors (Lipinski definition) is 4. The van der Waals surface area contributed by atoms with E-state index in [0.717, 1.165) is 0 Å². The number of aliphatic hydroxyl groups excluding tert-OH is 1. The van der Waals surface area contributed by atoms with E-state index in [0.29, 0.717) is 15.7 Å². The molecule has 0 radical (unpaired) electrons. The van der Waals surface area contributed by atoms with Gasteiger partial charge in [0.2, 0.25) is 0 Å². The van der Waals surface area contributed by atoms with E-state index in [2.05, 4.69) is 10.2 Å². The molecule has 1 aromatic rings. The molecule has 90 valence electrons. The van der Waals surface area contributed by atoms with Gasteiger partial charge in [-0.3, -0.25) is 4.79 Å². The lowest BCUT2D eigenvalue weighted by molar-refractivity contribution is -0.113. The Balaban J connectivity index is 3.05. The van der Waals surface area contributed by atoms with Crippen LogP contribution in [0.1, 0.15) is 13.8 Å². The predicted molar refractivity (Wildman–Crippen MR) is 67.0 cm³/mol. The number of azo groups is 1. The van der Waals surface area contributed by atoms with Gasteiger partial charge in [0.15, 0.2) is 11.5 Å². The van der Waals surface area contributed by atoms with Gasteiger partial charge in [0.05, 0.1) is 5.02 Å². The average molecular weight is 273 g/mol. The summed E-state index contributed by atoms with van der Waals surface area (Å²) < 4.78 is 0. The molecule has 0 fully saturated rings. The van der Waals surface area contributed by atoms with Crippen molar-refractivity contribution in [3.05, 3.63) is 39.7 Å². The molecule has 0 saturated carbocycles. The molecule has 0 atom stereocenters. The fourth-order valence-electron chi connectivity index (χ4n) is 1.06. The molecular formula is C11H10Cl2N2O2. The van der Waals surface area contributed by atoms with Crippen molar-refractivity contribution in [3.63, 3.8) is 0 Å². The highest BCUT2D eigenvalue weighted by Gasteiger charge is 2.07. The van der Waals surface area contributed by atoms with Crippen LogP contribution in [0.5, 0.6) is 0 Å². The first kappa shape index (κ1) is 13.7. The van der Waals surface area contributed by atoms with Gasteiger partial charge in [-0.15, -0.1) is 10.2 Å². The lowest BCUT2D eigenvalue weighted by atomic mass is 10.3. The fourth-order valence-corrected chi connectivity index (χ4v) is 1.51. The predicted octanol–water partition coefficient (Wildman–Crippen LogP) is 4.46. The van der Waals surface area contributed by atoms with Gasteiger partial charge in [0, 0.05) is 11.9 Å². The number of nitrogens with zero attached hydrogens (tertiary/aromatic N) is 2. The second-order valence-corrected chi connectivity index (χ2v) is 4.13. The van der Waals surface area contributed by atoms with Crippen LogP contribution in [0, 0.1) is 0 Å². The minimum absolute atomic E-state index is 0.101. The number of carbonyl (C=O) groups excluding carboxylic acids is 1. The summed E-state index contributed by atoms with van der Waals surface area (Å²) in [4.78, 5) is 11.1. The van der Waals surface area contributed by atoms with Gasteiger partial charge in [-0.25, -0.2) is 0 Å². The molecule has 0 aliphatic rings. The number of aliphatic hydroxyl groups is 1. The van der Waals surface area contributed by atoms with Gasteiger partial charge in [0.1, 0.15) is 11.4 Å². The molecule has 0 bridgehead atoms. The number of carbonyl (C=O) groups is 1. The molecule has 0 unspecified atom stereocenters. The summed E-state index contributed by atoms with van der Waals surface area (Å²) in [5.74, 6) is -0.565. The second kappa shape index (κ2) is 5.80. The average Bonchev–Trinajstić information content (AvgIpc) is 2.20. The standard InChI is InChI=1S/C11H10Cl2N2O2/c1-6(16)11(7(2)17)15-14-10-4-3-8(12)5-9(10)13/h3-5,16H,1-2H3/b11-6-,15-14?. The van der Waals surface area contributed by atoms with Crippen LogP contribution in [0.4, 0.5) is 5.69 Å². The Bertz CT molecular complexity index is 506. The lowest BCUT2D eigenvalue weighted by Crippen LogP contribution is -1.96. The molecule has 0 aromatic heterocycles. The molecule has 0 saturated heterocycles. The van der Waals surface area contributed by atoms with E-state index in [-0.39, 0.29) is 17.2 Å². The number of benzene rings is 1. The monoisotopic (exact) mass is 272 g/mol. The van der Waals surface area contributed by atoms with E-state index in [1.807, 2.05) is 0 Å². The van der Waals surface area contributed by atoms with Crippen molar-refractivity contribution in [3.8, 4) is 0 Å². The molecule has 0 amide bonds. The van der Waals surface area contributed by atoms with E-state index in [9.17, 15) is 9.90 Å². The summed E-state index contributed by atoms with van der Waals surface area (Å²) >= 11 is 11.6. The van der Waals surface area contributed by atoms with Gasteiger partial charge in [-0.1, -0.05) is 23.2 Å². The van der Waals surface area contributed by atoms with Crippen LogP contribution < -0.4 is 0 Å². The Hall–Kier alpha value is -1.39. The molecule has 6 heteroatoms. The number of halogens is 2. The minimum atomic E-state index is -0.376. The summed E-state index contributed by atoms with van der Waals surface area (Å²) in [5, 5.41) is 17.5. The molecule has 1 rings (SSSR count). The van der Waals surface area contributed by atoms with Crippen LogP contribution in [0.15, 0.2) is 39.9 Å². The third-order valence-corrected chi connectivity index (χ3v) is 2.38. The molecule has 1 N–H and O–H groups in total. The third-order valence-electron chi connectivity index (χ3n) is 1.84. The molecule has 0 spiro atoms. The first-order chi connectivity index (χ1) is 7.91. The maximum absolute atomic E-state index is 11.1. The van der Waals surface area contributed by atoms with Crippen LogP contribution >= 0.6 is 23.2 Å². The van der Waals surface area contributed by atoms with E-state index in [4.69, 9.17) is 23.2 Å². The van der Waals surface area contributed by atoms with Crippen LogP contribution in [0.25, 0.3) is 0 Å². The molecule has 0 aliphatic heterocycles. The Morgan fingerprint density at radius 1 is 1.29 bits per heavy atom. The highest BCUT2D eigenvalue weighted by Crippen LogP contribution is 2.28. The Labute approximate surface area is 109 Å². The van der Waals surface area contributed by atoms with E-state index < -0.39 is 0 Å². The van der Waals surface area contributed by atoms with E-state index in [1.54, 1.807) is 12.1 Å². The third kappa shape index (κ3) is 3.84. The van der Waals surface area contributed by atoms with Crippen molar-refractivity contribution < 1.29 is 9.90 Å². The normalized spacial score (nSPS) is 12.7. The number of allylic oxidation sites excluding steroid dienone is 2. The fraction of sp³-hybridized carbons (Fsp3) is 0.182. The highest BCUT2D eigenvalue weighted by atomic mass is 35.5. The summed E-state index contributed by atoms with van der Waals surface area (Å²) in [5.41, 5.74) is 0.270. The zero-order valence-electron chi connectivity index (χ0n) is 9.24. The molecular weight excluding hydrogens is 263 g/mol. The minimum Gasteiger partial charge on any atom is -0.510 e. The zero-order chi connectivity index (χ0) is 13.0. The van der Waals surface area contributed by atoms with Crippen molar-refractivity contribution in [2.75, 3.05) is 0 Å². The smallest absolute Gasteiger partial charge is 0.183 e. The lowest BCUT2D eigenvalue weighted by Gasteiger charge is -1.99. The number of rotatable bonds is 3. The maximum Gasteiger partial charge on any atom is 0.183 e. The zero-order valence-corrected chi connectivity index (χ0v) is 10.7. The second-order valence-electron chi connectivity index (χ2n) is 3.29. The van der Waals surface area contributed by atoms with Crippen molar-refractivity contribution in [2.45, 2.75) is 13.8 Å². The summed E-state index contributed by atoms with van der Waals surface area (Å²) in [6.07, 6.45) is 0. The van der Waals surface area contributed by atoms with E-state index in [1.165, 1.54) is 19.9 Å². The number of ketones is 1. The van der Waals surface area contributed by atoms with Crippen LogP contribution in [-0.2, 0) is 4.79 Å². The van der Waals surface area contributed by atoms with Gasteiger partial charge in [0.25, 0.3) is 0 Å². The first-order valence-corrected chi connectivity index (χ1v) is 5.45. The first-order valence-electron chi connectivity index (χ1n) is 4.69. The quantitative estimate of drug-likeness (QED) is 0.502. The Morgan fingerprint density at radius 3 is 2.41 bits per heavy atom. The Morgan fingerprint density at radius 2 is 1.94 bits per heavy atom. The van der Waals surface area contributed by atoms with Crippen molar-refractivity contribution in [1.82, 2.24) is 0 Å².